The van der Waals surface area contributed by atoms with Gasteiger partial charge in [0, 0.05) is 17.6 Å². The molecule has 1 unspecified atom stereocenters. The summed E-state index contributed by atoms with van der Waals surface area (Å²) in [6, 6.07) is 15.4. The summed E-state index contributed by atoms with van der Waals surface area (Å²) in [6.07, 6.45) is 8.11. The second-order valence-electron chi connectivity index (χ2n) is 7.48. The zero-order chi connectivity index (χ0) is 19.1. The molecule has 2 aromatic rings. The van der Waals surface area contributed by atoms with E-state index in [4.69, 9.17) is 9.84 Å². The lowest BCUT2D eigenvalue weighted by atomic mass is 9.77. The number of carbonyl (C=O) groups is 1. The van der Waals surface area contributed by atoms with Crippen molar-refractivity contribution < 1.29 is 14.6 Å². The van der Waals surface area contributed by atoms with E-state index >= 15 is 0 Å². The number of allylic oxidation sites excluding steroid dienone is 2. The first-order valence-corrected chi connectivity index (χ1v) is 9.16. The molecule has 1 N–H and O–H groups in total. The lowest BCUT2D eigenvalue weighted by Gasteiger charge is -2.39. The number of ether oxygens (including phenoxy) is 1. The van der Waals surface area contributed by atoms with E-state index in [2.05, 4.69) is 49.1 Å². The van der Waals surface area contributed by atoms with Crippen LogP contribution in [-0.4, -0.2) is 30.0 Å². The van der Waals surface area contributed by atoms with Crippen molar-refractivity contribution in [1.82, 2.24) is 0 Å². The molecule has 1 atom stereocenters. The first-order chi connectivity index (χ1) is 13.0. The number of nitrogens with zero attached hydrogens (tertiary/aromatic N) is 1. The van der Waals surface area contributed by atoms with Gasteiger partial charge in [0.2, 0.25) is 0 Å². The van der Waals surface area contributed by atoms with Crippen LogP contribution in [0.5, 0.6) is 0 Å². The number of benzene rings is 2. The van der Waals surface area contributed by atoms with Gasteiger partial charge >= 0.3 is 5.97 Å². The summed E-state index contributed by atoms with van der Waals surface area (Å²) in [5.74, 6) is -0.911. The molecular weight excluding hydrogens is 338 g/mol. The second kappa shape index (κ2) is 6.39. The van der Waals surface area contributed by atoms with Gasteiger partial charge < -0.3 is 14.7 Å². The lowest BCUT2D eigenvalue weighted by Crippen LogP contribution is -2.51. The molecule has 2 aliphatic rings. The van der Waals surface area contributed by atoms with E-state index in [-0.39, 0.29) is 5.41 Å². The average Bonchev–Trinajstić information content (AvgIpc) is 3.17. The van der Waals surface area contributed by atoms with Crippen LogP contribution in [0, 0.1) is 0 Å². The summed E-state index contributed by atoms with van der Waals surface area (Å²) in [5, 5.41) is 8.97. The number of hydrogen-bond donors (Lipinski definition) is 1. The number of rotatable bonds is 4. The Bertz CT molecular complexity index is 927. The molecule has 2 heterocycles. The van der Waals surface area contributed by atoms with E-state index in [9.17, 15) is 4.79 Å². The Hall–Kier alpha value is -2.85. The fourth-order valence-corrected chi connectivity index (χ4v) is 4.22. The van der Waals surface area contributed by atoms with E-state index in [0.29, 0.717) is 12.2 Å². The number of carboxylic acids is 1. The van der Waals surface area contributed by atoms with Crippen LogP contribution < -0.4 is 4.90 Å². The smallest absolute Gasteiger partial charge is 0.335 e. The van der Waals surface area contributed by atoms with Crippen molar-refractivity contribution in [3.05, 3.63) is 83.4 Å². The first-order valence-electron chi connectivity index (χ1n) is 9.16. The van der Waals surface area contributed by atoms with E-state index in [1.807, 2.05) is 18.2 Å². The normalized spacial score (nSPS) is 23.1. The summed E-state index contributed by atoms with van der Waals surface area (Å²) >= 11 is 0. The summed E-state index contributed by atoms with van der Waals surface area (Å²) < 4.78 is 6.30. The molecule has 138 valence electrons. The highest BCUT2D eigenvalue weighted by Crippen LogP contribution is 2.54. The fourth-order valence-electron chi connectivity index (χ4n) is 4.22. The quantitative estimate of drug-likeness (QED) is 0.816. The largest absolute Gasteiger partial charge is 0.478 e. The Morgan fingerprint density at radius 2 is 1.85 bits per heavy atom. The van der Waals surface area contributed by atoms with Crippen molar-refractivity contribution >= 4 is 17.7 Å². The standard InChI is InChI=1S/C23H23NO3/c1-22(2)19-8-3-4-9-20(19)24-15-16-27-23(22,24)14-6-5-7-17-10-12-18(13-11-17)21(25)26/h3-14H,15-16H2,1-2H3,(H,25,26)/b7-5+,14-6+. The average molecular weight is 361 g/mol. The molecule has 0 radical (unpaired) electrons. The number of hydrogen-bond acceptors (Lipinski definition) is 3. The van der Waals surface area contributed by atoms with Crippen molar-refractivity contribution in [2.45, 2.75) is 25.0 Å². The van der Waals surface area contributed by atoms with Gasteiger partial charge in [-0.15, -0.1) is 0 Å². The summed E-state index contributed by atoms with van der Waals surface area (Å²) in [7, 11) is 0. The van der Waals surface area contributed by atoms with Gasteiger partial charge in [0.05, 0.1) is 12.2 Å². The summed E-state index contributed by atoms with van der Waals surface area (Å²) in [5.41, 5.74) is 3.17. The Morgan fingerprint density at radius 3 is 2.59 bits per heavy atom. The number of anilines is 1. The van der Waals surface area contributed by atoms with Crippen LogP contribution in [0.1, 0.15) is 35.3 Å². The minimum absolute atomic E-state index is 0.159. The Balaban J connectivity index is 1.59. The molecule has 0 aromatic heterocycles. The van der Waals surface area contributed by atoms with Crippen LogP contribution in [0.3, 0.4) is 0 Å². The number of aromatic carboxylic acids is 1. The zero-order valence-electron chi connectivity index (χ0n) is 15.6. The minimum Gasteiger partial charge on any atom is -0.478 e. The van der Waals surface area contributed by atoms with Crippen LogP contribution in [0.25, 0.3) is 6.08 Å². The van der Waals surface area contributed by atoms with Gasteiger partial charge in [-0.25, -0.2) is 4.79 Å². The maximum absolute atomic E-state index is 10.9. The van der Waals surface area contributed by atoms with Gasteiger partial charge in [0.15, 0.2) is 5.72 Å². The highest BCUT2D eigenvalue weighted by Gasteiger charge is 2.58. The molecule has 4 heteroatoms. The van der Waals surface area contributed by atoms with Gasteiger partial charge in [-0.3, -0.25) is 0 Å². The molecule has 0 saturated carbocycles. The number of carboxylic acid groups (broad SMARTS) is 1. The lowest BCUT2D eigenvalue weighted by molar-refractivity contribution is -0.000292. The third kappa shape index (κ3) is 2.68. The Labute approximate surface area is 159 Å². The van der Waals surface area contributed by atoms with Crippen LogP contribution in [0.4, 0.5) is 5.69 Å². The zero-order valence-corrected chi connectivity index (χ0v) is 15.6. The third-order valence-corrected chi connectivity index (χ3v) is 5.68. The van der Waals surface area contributed by atoms with E-state index in [0.717, 1.165) is 12.1 Å². The molecule has 0 aliphatic carbocycles. The molecule has 2 aromatic carbocycles. The van der Waals surface area contributed by atoms with Crippen molar-refractivity contribution in [2.75, 3.05) is 18.1 Å². The number of fused-ring (bicyclic) bond motifs is 3. The monoisotopic (exact) mass is 361 g/mol. The maximum Gasteiger partial charge on any atom is 0.335 e. The number of para-hydroxylation sites is 1. The van der Waals surface area contributed by atoms with Crippen molar-refractivity contribution in [2.24, 2.45) is 0 Å². The van der Waals surface area contributed by atoms with Gasteiger partial charge in [-0.05, 0) is 35.4 Å². The van der Waals surface area contributed by atoms with Crippen LogP contribution in [0.2, 0.25) is 0 Å². The summed E-state index contributed by atoms with van der Waals surface area (Å²) in [6.45, 7) is 6.05. The minimum atomic E-state index is -0.911. The van der Waals surface area contributed by atoms with Crippen LogP contribution in [0.15, 0.2) is 66.8 Å². The highest BCUT2D eigenvalue weighted by molar-refractivity contribution is 5.87. The highest BCUT2D eigenvalue weighted by atomic mass is 16.5. The van der Waals surface area contributed by atoms with E-state index in [1.165, 1.54) is 11.3 Å². The first kappa shape index (κ1) is 17.6. The van der Waals surface area contributed by atoms with E-state index in [1.54, 1.807) is 24.3 Å². The molecule has 27 heavy (non-hydrogen) atoms. The Kier molecular flexibility index (Phi) is 4.16. The maximum atomic E-state index is 10.9. The van der Waals surface area contributed by atoms with Crippen molar-refractivity contribution in [3.8, 4) is 0 Å². The van der Waals surface area contributed by atoms with Gasteiger partial charge in [-0.2, -0.15) is 0 Å². The molecule has 4 rings (SSSR count). The molecule has 1 saturated heterocycles. The second-order valence-corrected chi connectivity index (χ2v) is 7.48. The van der Waals surface area contributed by atoms with Gasteiger partial charge in [0.1, 0.15) is 0 Å². The van der Waals surface area contributed by atoms with Crippen molar-refractivity contribution in [3.63, 3.8) is 0 Å². The summed E-state index contributed by atoms with van der Waals surface area (Å²) in [4.78, 5) is 13.3. The molecule has 0 amide bonds. The van der Waals surface area contributed by atoms with Crippen molar-refractivity contribution in [1.29, 1.82) is 0 Å². The van der Waals surface area contributed by atoms with Gasteiger partial charge in [-0.1, -0.05) is 62.4 Å². The van der Waals surface area contributed by atoms with Gasteiger partial charge in [0.25, 0.3) is 0 Å². The van der Waals surface area contributed by atoms with E-state index < -0.39 is 11.7 Å². The van der Waals surface area contributed by atoms with Crippen LogP contribution >= 0.6 is 0 Å². The SMILES string of the molecule is CC1(C)c2ccccc2N2CCOC21/C=C/C=C/c1ccc(C(=O)O)cc1. The molecular formula is C23H23NO3. The predicted octanol–water partition coefficient (Wildman–Crippen LogP) is 4.48. The molecule has 4 nitrogen and oxygen atoms in total. The molecule has 0 spiro atoms. The molecule has 0 bridgehead atoms. The molecule has 2 aliphatic heterocycles. The topological polar surface area (TPSA) is 49.8 Å². The predicted molar refractivity (Wildman–Crippen MR) is 107 cm³/mol. The fraction of sp³-hybridized carbons (Fsp3) is 0.261. The third-order valence-electron chi connectivity index (χ3n) is 5.68. The van der Waals surface area contributed by atoms with Crippen LogP contribution in [-0.2, 0) is 10.2 Å². The Morgan fingerprint density at radius 1 is 1.11 bits per heavy atom. The molecule has 1 fully saturated rings.